The molecule has 0 bridgehead atoms. The van der Waals surface area contributed by atoms with E-state index in [1.807, 2.05) is 24.5 Å². The summed E-state index contributed by atoms with van der Waals surface area (Å²) in [5.41, 5.74) is 6.37. The van der Waals surface area contributed by atoms with Crippen molar-refractivity contribution in [1.29, 1.82) is 0 Å². The fourth-order valence-electron chi connectivity index (χ4n) is 0.674. The highest BCUT2D eigenvalue weighted by Crippen LogP contribution is 2.35. The highest BCUT2D eigenvalue weighted by atomic mass is 79.9. The minimum atomic E-state index is 0.794. The van der Waals surface area contributed by atoms with Crippen molar-refractivity contribution in [3.8, 4) is 0 Å². The fraction of sp³-hybridized carbons (Fsp3) is 0.143. The van der Waals surface area contributed by atoms with Gasteiger partial charge in [0.15, 0.2) is 0 Å². The van der Waals surface area contributed by atoms with Crippen LogP contribution in [0.5, 0.6) is 0 Å². The molecule has 11 heavy (non-hydrogen) atoms. The molecule has 0 saturated carbocycles. The van der Waals surface area contributed by atoms with Crippen molar-refractivity contribution >= 4 is 43.2 Å². The first-order chi connectivity index (χ1) is 5.24. The zero-order chi connectivity index (χ0) is 8.27. The van der Waals surface area contributed by atoms with Crippen molar-refractivity contribution in [2.75, 3.05) is 12.0 Å². The van der Waals surface area contributed by atoms with E-state index in [4.69, 9.17) is 5.73 Å². The number of rotatable bonds is 2. The second-order valence-electron chi connectivity index (χ2n) is 1.94. The first-order valence-electron chi connectivity index (χ1n) is 2.99. The maximum absolute atomic E-state index is 5.58. The van der Waals surface area contributed by atoms with E-state index in [1.54, 1.807) is 21.6 Å². The molecule has 0 aliphatic carbocycles. The van der Waals surface area contributed by atoms with Crippen LogP contribution in [-0.4, -0.2) is 6.26 Å². The van der Waals surface area contributed by atoms with Crippen molar-refractivity contribution in [2.24, 2.45) is 0 Å². The Bertz CT molecular complexity index is 252. The van der Waals surface area contributed by atoms with Gasteiger partial charge in [0, 0.05) is 15.1 Å². The van der Waals surface area contributed by atoms with Gasteiger partial charge in [-0.15, -0.1) is 0 Å². The van der Waals surface area contributed by atoms with Crippen LogP contribution in [-0.2, 0) is 0 Å². The van der Waals surface area contributed by atoms with Crippen LogP contribution >= 0.6 is 37.5 Å². The lowest BCUT2D eigenvalue weighted by Gasteiger charge is -2.01. The third-order valence-electron chi connectivity index (χ3n) is 1.13. The first-order valence-corrected chi connectivity index (χ1v) is 6.35. The quantitative estimate of drug-likeness (QED) is 0.643. The molecule has 0 unspecified atom stereocenters. The SMILES string of the molecule is CSSc1ccc(N)cc1Br. The molecule has 0 radical (unpaired) electrons. The molecule has 0 amide bonds. The van der Waals surface area contributed by atoms with Gasteiger partial charge < -0.3 is 5.73 Å². The average molecular weight is 250 g/mol. The van der Waals surface area contributed by atoms with E-state index in [0.29, 0.717) is 0 Å². The fourth-order valence-corrected chi connectivity index (χ4v) is 3.05. The highest BCUT2D eigenvalue weighted by molar-refractivity contribution is 9.10. The molecule has 1 aromatic rings. The van der Waals surface area contributed by atoms with Gasteiger partial charge in [0.05, 0.1) is 0 Å². The Morgan fingerprint density at radius 2 is 2.18 bits per heavy atom. The summed E-state index contributed by atoms with van der Waals surface area (Å²) in [7, 11) is 3.45. The van der Waals surface area contributed by atoms with Crippen LogP contribution in [0, 0.1) is 0 Å². The van der Waals surface area contributed by atoms with E-state index >= 15 is 0 Å². The minimum Gasteiger partial charge on any atom is -0.399 e. The molecule has 0 aliphatic heterocycles. The summed E-state index contributed by atoms with van der Waals surface area (Å²) >= 11 is 3.43. The predicted molar refractivity (Wildman–Crippen MR) is 57.9 cm³/mol. The molecular formula is C7H8BrNS2. The molecule has 1 nitrogen and oxygen atoms in total. The standard InChI is InChI=1S/C7H8BrNS2/c1-10-11-7-3-2-5(9)4-6(7)8/h2-4H,9H2,1H3. The van der Waals surface area contributed by atoms with Crippen LogP contribution < -0.4 is 5.73 Å². The molecule has 60 valence electrons. The van der Waals surface area contributed by atoms with E-state index < -0.39 is 0 Å². The third-order valence-corrected chi connectivity index (χ3v) is 3.79. The summed E-state index contributed by atoms with van der Waals surface area (Å²) < 4.78 is 1.07. The number of nitrogen functional groups attached to an aromatic ring is 1. The summed E-state index contributed by atoms with van der Waals surface area (Å²) in [5, 5.41) is 0. The van der Waals surface area contributed by atoms with Gasteiger partial charge in [-0.05, 0) is 40.4 Å². The lowest BCUT2D eigenvalue weighted by Crippen LogP contribution is -1.83. The molecule has 0 saturated heterocycles. The Labute approximate surface area is 82.6 Å². The molecule has 0 aliphatic rings. The molecule has 0 heterocycles. The average Bonchev–Trinajstić information content (AvgIpc) is 1.95. The number of hydrogen-bond donors (Lipinski definition) is 1. The molecule has 0 fully saturated rings. The molecule has 0 spiro atoms. The van der Waals surface area contributed by atoms with Crippen LogP contribution in [0.2, 0.25) is 0 Å². The van der Waals surface area contributed by atoms with Gasteiger partial charge in [-0.3, -0.25) is 0 Å². The molecule has 0 atom stereocenters. The molecule has 4 heteroatoms. The molecule has 2 N–H and O–H groups in total. The van der Waals surface area contributed by atoms with Crippen molar-refractivity contribution in [3.05, 3.63) is 22.7 Å². The van der Waals surface area contributed by atoms with Crippen LogP contribution in [0.3, 0.4) is 0 Å². The summed E-state index contributed by atoms with van der Waals surface area (Å²) in [4.78, 5) is 1.21. The van der Waals surface area contributed by atoms with E-state index in [1.165, 1.54) is 4.90 Å². The monoisotopic (exact) mass is 249 g/mol. The van der Waals surface area contributed by atoms with Crippen LogP contribution in [0.1, 0.15) is 0 Å². The zero-order valence-corrected chi connectivity index (χ0v) is 9.22. The van der Waals surface area contributed by atoms with Crippen molar-refractivity contribution in [1.82, 2.24) is 0 Å². The van der Waals surface area contributed by atoms with Crippen LogP contribution in [0.25, 0.3) is 0 Å². The Morgan fingerprint density at radius 3 is 2.73 bits per heavy atom. The van der Waals surface area contributed by atoms with Crippen LogP contribution in [0.4, 0.5) is 5.69 Å². The largest absolute Gasteiger partial charge is 0.399 e. The second kappa shape index (κ2) is 4.28. The van der Waals surface area contributed by atoms with E-state index in [-0.39, 0.29) is 0 Å². The number of nitrogens with two attached hydrogens (primary N) is 1. The first kappa shape index (κ1) is 9.29. The van der Waals surface area contributed by atoms with Crippen molar-refractivity contribution in [3.63, 3.8) is 0 Å². The van der Waals surface area contributed by atoms with E-state index in [9.17, 15) is 0 Å². The van der Waals surface area contributed by atoms with E-state index in [2.05, 4.69) is 15.9 Å². The van der Waals surface area contributed by atoms with E-state index in [0.717, 1.165) is 10.2 Å². The maximum Gasteiger partial charge on any atom is 0.0340 e. The second-order valence-corrected chi connectivity index (χ2v) is 5.23. The van der Waals surface area contributed by atoms with Gasteiger partial charge in [-0.1, -0.05) is 21.6 Å². The number of hydrogen-bond acceptors (Lipinski definition) is 3. The van der Waals surface area contributed by atoms with Gasteiger partial charge in [0.1, 0.15) is 0 Å². The Balaban J connectivity index is 2.90. The van der Waals surface area contributed by atoms with Gasteiger partial charge >= 0.3 is 0 Å². The van der Waals surface area contributed by atoms with Gasteiger partial charge in [-0.2, -0.15) is 0 Å². The summed E-state index contributed by atoms with van der Waals surface area (Å²) in [6.07, 6.45) is 2.05. The lowest BCUT2D eigenvalue weighted by atomic mass is 10.3. The zero-order valence-electron chi connectivity index (χ0n) is 6.00. The minimum absolute atomic E-state index is 0.794. The topological polar surface area (TPSA) is 26.0 Å². The number of benzene rings is 1. The maximum atomic E-state index is 5.58. The Hall–Kier alpha value is 0.200. The third kappa shape index (κ3) is 2.61. The smallest absolute Gasteiger partial charge is 0.0340 e. The summed E-state index contributed by atoms with van der Waals surface area (Å²) in [6, 6.07) is 5.84. The van der Waals surface area contributed by atoms with Gasteiger partial charge in [0.2, 0.25) is 0 Å². The van der Waals surface area contributed by atoms with Crippen molar-refractivity contribution in [2.45, 2.75) is 4.90 Å². The molecular weight excluding hydrogens is 242 g/mol. The molecule has 0 aromatic heterocycles. The Kier molecular flexibility index (Phi) is 3.62. The summed E-state index contributed by atoms with van der Waals surface area (Å²) in [6.45, 7) is 0. The molecule has 1 aromatic carbocycles. The Morgan fingerprint density at radius 1 is 1.45 bits per heavy atom. The lowest BCUT2D eigenvalue weighted by molar-refractivity contribution is 1.42. The number of anilines is 1. The normalized spacial score (nSPS) is 10.0. The summed E-state index contributed by atoms with van der Waals surface area (Å²) in [5.74, 6) is 0. The van der Waals surface area contributed by atoms with Crippen LogP contribution in [0.15, 0.2) is 27.6 Å². The van der Waals surface area contributed by atoms with Gasteiger partial charge in [0.25, 0.3) is 0 Å². The van der Waals surface area contributed by atoms with Crippen molar-refractivity contribution < 1.29 is 0 Å². The highest BCUT2D eigenvalue weighted by Gasteiger charge is 1.98. The molecule has 1 rings (SSSR count). The predicted octanol–water partition coefficient (Wildman–Crippen LogP) is 3.40. The number of halogens is 1. The van der Waals surface area contributed by atoms with Gasteiger partial charge in [-0.25, -0.2) is 0 Å².